The van der Waals surface area contributed by atoms with Gasteiger partial charge in [0, 0.05) is 38.9 Å². The molecule has 2 aliphatic heterocycles. The monoisotopic (exact) mass is 439 g/mol. The fourth-order valence-corrected chi connectivity index (χ4v) is 4.34. The number of amides is 1. The van der Waals surface area contributed by atoms with E-state index in [9.17, 15) is 4.79 Å². The van der Waals surface area contributed by atoms with Crippen LogP contribution in [0.1, 0.15) is 17.3 Å². The Hall–Kier alpha value is -3.11. The van der Waals surface area contributed by atoms with E-state index in [1.165, 1.54) is 0 Å². The number of carbonyl (C=O) groups excluding carboxylic acids is 1. The van der Waals surface area contributed by atoms with Gasteiger partial charge in [0.25, 0.3) is 5.91 Å². The molecule has 9 nitrogen and oxygen atoms in total. The summed E-state index contributed by atoms with van der Waals surface area (Å²) in [5.41, 5.74) is 1.75. The number of ether oxygens (including phenoxy) is 1. The summed E-state index contributed by atoms with van der Waals surface area (Å²) in [6, 6.07) is 3.57. The van der Waals surface area contributed by atoms with E-state index in [0.717, 1.165) is 19.3 Å². The Bertz CT molecular complexity index is 1130. The summed E-state index contributed by atoms with van der Waals surface area (Å²) in [6.07, 6.45) is 2.76. The molecule has 5 rings (SSSR count). The van der Waals surface area contributed by atoms with E-state index < -0.39 is 5.82 Å². The minimum absolute atomic E-state index is 0.0809. The van der Waals surface area contributed by atoms with E-state index in [1.54, 1.807) is 23.2 Å². The molecule has 0 bridgehead atoms. The Balaban J connectivity index is 1.70. The molecule has 0 aliphatic carbocycles. The number of hydrogen-bond donors (Lipinski definition) is 1. The van der Waals surface area contributed by atoms with Crippen LogP contribution in [0.25, 0.3) is 22.3 Å². The molecule has 5 heterocycles. The first kappa shape index (κ1) is 20.8. The number of carbonyl (C=O) groups is 1. The van der Waals surface area contributed by atoms with Crippen molar-refractivity contribution in [3.8, 4) is 11.4 Å². The molecule has 0 spiro atoms. The van der Waals surface area contributed by atoms with Gasteiger partial charge in [0.05, 0.1) is 42.1 Å². The van der Waals surface area contributed by atoms with Crippen molar-refractivity contribution in [1.29, 1.82) is 0 Å². The van der Waals surface area contributed by atoms with Crippen molar-refractivity contribution in [2.45, 2.75) is 13.0 Å². The van der Waals surface area contributed by atoms with Crippen LogP contribution >= 0.6 is 0 Å². The van der Waals surface area contributed by atoms with Crippen LogP contribution in [0.3, 0.4) is 0 Å². The van der Waals surface area contributed by atoms with Crippen molar-refractivity contribution in [2.75, 3.05) is 57.9 Å². The zero-order valence-electron chi connectivity index (χ0n) is 18.2. The molecule has 3 aromatic rings. The van der Waals surface area contributed by atoms with Gasteiger partial charge in [0.2, 0.25) is 0 Å². The highest BCUT2D eigenvalue weighted by atomic mass is 19.1. The lowest BCUT2D eigenvalue weighted by Gasteiger charge is -2.35. The number of pyridine rings is 2. The third-order valence-electron chi connectivity index (χ3n) is 6.21. The first-order chi connectivity index (χ1) is 15.5. The maximum Gasteiger partial charge on any atom is 0.254 e. The number of anilines is 1. The molecule has 1 unspecified atom stereocenters. The van der Waals surface area contributed by atoms with Gasteiger partial charge in [-0.2, -0.15) is 5.10 Å². The molecule has 1 N–H and O–H groups in total. The van der Waals surface area contributed by atoms with E-state index in [2.05, 4.69) is 25.0 Å². The summed E-state index contributed by atoms with van der Waals surface area (Å²) in [6.45, 7) is 6.59. The predicted octanol–water partition coefficient (Wildman–Crippen LogP) is 1.77. The number of likely N-dealkylation sites (N-methyl/N-ethyl adjacent to an activating group) is 1. The van der Waals surface area contributed by atoms with Gasteiger partial charge in [-0.25, -0.2) is 14.4 Å². The first-order valence-corrected chi connectivity index (χ1v) is 10.8. The Labute approximate surface area is 185 Å². The van der Waals surface area contributed by atoms with Crippen LogP contribution < -0.4 is 4.90 Å². The lowest BCUT2D eigenvalue weighted by atomic mass is 10.0. The van der Waals surface area contributed by atoms with Crippen molar-refractivity contribution >= 4 is 22.6 Å². The minimum Gasteiger partial charge on any atom is -0.377 e. The summed E-state index contributed by atoms with van der Waals surface area (Å²) in [7, 11) is 2.03. The molecular weight excluding hydrogens is 413 g/mol. The third-order valence-corrected chi connectivity index (χ3v) is 6.21. The quantitative estimate of drug-likeness (QED) is 0.665. The van der Waals surface area contributed by atoms with Crippen molar-refractivity contribution < 1.29 is 13.9 Å². The Kier molecular flexibility index (Phi) is 5.48. The zero-order chi connectivity index (χ0) is 22.2. The first-order valence-electron chi connectivity index (χ1n) is 10.8. The summed E-state index contributed by atoms with van der Waals surface area (Å²) in [5, 5.41) is 7.07. The number of nitrogens with one attached hydrogen (secondary N) is 1. The molecule has 1 amide bonds. The van der Waals surface area contributed by atoms with Gasteiger partial charge in [-0.05, 0) is 26.1 Å². The van der Waals surface area contributed by atoms with Gasteiger partial charge in [-0.3, -0.25) is 9.89 Å². The smallest absolute Gasteiger partial charge is 0.254 e. The Morgan fingerprint density at radius 1 is 1.25 bits per heavy atom. The molecule has 2 saturated heterocycles. The SMILES string of the molecule is CC1COCCN1c1cc(C(=O)N2CCN(C)CC2)c2c(F)cnc(-c3ccn[nH]3)c2n1. The van der Waals surface area contributed by atoms with Crippen LogP contribution in [0, 0.1) is 5.82 Å². The second-order valence-electron chi connectivity index (χ2n) is 8.39. The standard InChI is InChI=1S/C22H26FN7O2/c1-14-13-32-10-9-30(14)18-11-15(22(31)29-7-5-28(2)6-8-29)19-16(23)12-24-20(21(19)26-18)17-3-4-25-27-17/h3-4,11-12,14H,5-10,13H2,1-2H3,(H,25,27). The molecule has 168 valence electrons. The molecule has 10 heteroatoms. The molecule has 2 aliphatic rings. The van der Waals surface area contributed by atoms with Crippen molar-refractivity contribution in [3.63, 3.8) is 0 Å². The van der Waals surface area contributed by atoms with Crippen LogP contribution in [0.5, 0.6) is 0 Å². The maximum atomic E-state index is 15.2. The van der Waals surface area contributed by atoms with Crippen molar-refractivity contribution in [1.82, 2.24) is 30.0 Å². The molecule has 32 heavy (non-hydrogen) atoms. The number of fused-ring (bicyclic) bond motifs is 1. The second-order valence-corrected chi connectivity index (χ2v) is 8.39. The van der Waals surface area contributed by atoms with Gasteiger partial charge >= 0.3 is 0 Å². The van der Waals surface area contributed by atoms with Crippen LogP contribution in [0.4, 0.5) is 10.2 Å². The Morgan fingerprint density at radius 2 is 2.06 bits per heavy atom. The lowest BCUT2D eigenvalue weighted by molar-refractivity contribution is 0.0665. The minimum atomic E-state index is -0.560. The molecule has 0 radical (unpaired) electrons. The van der Waals surface area contributed by atoms with Gasteiger partial charge in [0.15, 0.2) is 5.82 Å². The number of nitrogens with zero attached hydrogens (tertiary/aromatic N) is 6. The number of morpholine rings is 1. The number of rotatable bonds is 3. The van der Waals surface area contributed by atoms with Gasteiger partial charge in [0.1, 0.15) is 17.0 Å². The average Bonchev–Trinajstić information content (AvgIpc) is 3.34. The van der Waals surface area contributed by atoms with Crippen molar-refractivity contribution in [3.05, 3.63) is 35.9 Å². The summed E-state index contributed by atoms with van der Waals surface area (Å²) in [5.74, 6) is -0.123. The van der Waals surface area contributed by atoms with E-state index >= 15 is 4.39 Å². The lowest BCUT2D eigenvalue weighted by Crippen LogP contribution is -2.47. The molecule has 3 aromatic heterocycles. The summed E-state index contributed by atoms with van der Waals surface area (Å²) < 4.78 is 20.7. The van der Waals surface area contributed by atoms with E-state index in [1.807, 2.05) is 14.0 Å². The molecule has 1 atom stereocenters. The fourth-order valence-electron chi connectivity index (χ4n) is 4.34. The number of aromatic nitrogens is 4. The molecule has 0 aromatic carbocycles. The largest absolute Gasteiger partial charge is 0.377 e. The summed E-state index contributed by atoms with van der Waals surface area (Å²) in [4.78, 5) is 28.8. The number of aromatic amines is 1. The number of hydrogen-bond acceptors (Lipinski definition) is 7. The summed E-state index contributed by atoms with van der Waals surface area (Å²) >= 11 is 0. The van der Waals surface area contributed by atoms with Crippen LogP contribution in [-0.4, -0.2) is 94.9 Å². The number of piperazine rings is 1. The average molecular weight is 439 g/mol. The second kappa shape index (κ2) is 8.44. The van der Waals surface area contributed by atoms with Crippen LogP contribution in [-0.2, 0) is 4.74 Å². The van der Waals surface area contributed by atoms with Gasteiger partial charge in [-0.15, -0.1) is 0 Å². The third kappa shape index (κ3) is 3.69. The van der Waals surface area contributed by atoms with Crippen molar-refractivity contribution in [2.24, 2.45) is 0 Å². The maximum absolute atomic E-state index is 15.2. The highest BCUT2D eigenvalue weighted by Crippen LogP contribution is 2.32. The van der Waals surface area contributed by atoms with Gasteiger partial charge < -0.3 is 19.4 Å². The topological polar surface area (TPSA) is 90.5 Å². The van der Waals surface area contributed by atoms with E-state index in [0.29, 0.717) is 61.1 Å². The van der Waals surface area contributed by atoms with Crippen LogP contribution in [0.2, 0.25) is 0 Å². The zero-order valence-corrected chi connectivity index (χ0v) is 18.2. The fraction of sp³-hybridized carbons (Fsp3) is 0.455. The van der Waals surface area contributed by atoms with Crippen LogP contribution in [0.15, 0.2) is 24.5 Å². The number of halogens is 1. The number of H-pyrrole nitrogens is 1. The molecule has 0 saturated carbocycles. The highest BCUT2D eigenvalue weighted by molar-refractivity contribution is 6.09. The van der Waals surface area contributed by atoms with E-state index in [-0.39, 0.29) is 17.3 Å². The molecule has 2 fully saturated rings. The van der Waals surface area contributed by atoms with Gasteiger partial charge in [-0.1, -0.05) is 0 Å². The Morgan fingerprint density at radius 3 is 2.78 bits per heavy atom. The highest BCUT2D eigenvalue weighted by Gasteiger charge is 2.28. The molecular formula is C22H26FN7O2. The van der Waals surface area contributed by atoms with E-state index in [4.69, 9.17) is 9.72 Å². The predicted molar refractivity (Wildman–Crippen MR) is 118 cm³/mol. The normalized spacial score (nSPS) is 20.2.